The van der Waals surface area contributed by atoms with Crippen LogP contribution in [0.25, 0.3) is 0 Å². The number of carboxylic acid groups (broad SMARTS) is 1. The molecule has 0 amide bonds. The number of benzene rings is 1. The standard InChI is InChI=1S/C12H15FO5/c1-2-18-10-4-3-7(13)5-8(10)12(17)9(14)6-11(15)16/h3-5,9,12,14,17H,2,6H2,1H3,(H,15,16). The van der Waals surface area contributed by atoms with Gasteiger partial charge in [0.05, 0.1) is 19.1 Å². The number of carbonyl (C=O) groups is 1. The number of carboxylic acids is 1. The van der Waals surface area contributed by atoms with Gasteiger partial charge in [-0.1, -0.05) is 0 Å². The second-order valence-electron chi connectivity index (χ2n) is 3.73. The average Bonchev–Trinajstić information content (AvgIpc) is 2.30. The van der Waals surface area contributed by atoms with Crippen LogP contribution in [-0.4, -0.2) is 34.0 Å². The summed E-state index contributed by atoms with van der Waals surface area (Å²) in [5, 5.41) is 27.9. The van der Waals surface area contributed by atoms with Gasteiger partial charge in [-0.25, -0.2) is 4.39 Å². The lowest BCUT2D eigenvalue weighted by Crippen LogP contribution is -2.22. The summed E-state index contributed by atoms with van der Waals surface area (Å²) in [7, 11) is 0. The Morgan fingerprint density at radius 2 is 2.11 bits per heavy atom. The number of aliphatic hydroxyl groups excluding tert-OH is 2. The van der Waals surface area contributed by atoms with E-state index in [-0.39, 0.29) is 11.3 Å². The van der Waals surface area contributed by atoms with Gasteiger partial charge in [0.25, 0.3) is 0 Å². The topological polar surface area (TPSA) is 87.0 Å². The molecule has 0 aliphatic carbocycles. The fraction of sp³-hybridized carbons (Fsp3) is 0.417. The van der Waals surface area contributed by atoms with Crippen LogP contribution in [0, 0.1) is 5.82 Å². The minimum absolute atomic E-state index is 0.0330. The van der Waals surface area contributed by atoms with Crippen LogP contribution in [-0.2, 0) is 4.79 Å². The van der Waals surface area contributed by atoms with Gasteiger partial charge in [-0.05, 0) is 25.1 Å². The first-order chi connectivity index (χ1) is 8.45. The van der Waals surface area contributed by atoms with E-state index in [4.69, 9.17) is 9.84 Å². The number of hydrogen-bond acceptors (Lipinski definition) is 4. The van der Waals surface area contributed by atoms with E-state index in [2.05, 4.69) is 0 Å². The molecular formula is C12H15FO5. The summed E-state index contributed by atoms with van der Waals surface area (Å²) in [5.74, 6) is -1.64. The summed E-state index contributed by atoms with van der Waals surface area (Å²) in [6.45, 7) is 2.02. The Kier molecular flexibility index (Phi) is 5.06. The van der Waals surface area contributed by atoms with Gasteiger partial charge in [0, 0.05) is 5.56 Å². The Hall–Kier alpha value is -1.66. The second kappa shape index (κ2) is 6.32. The molecule has 1 aromatic rings. The van der Waals surface area contributed by atoms with Crippen molar-refractivity contribution in [3.8, 4) is 5.75 Å². The molecule has 0 aliphatic rings. The van der Waals surface area contributed by atoms with Crippen LogP contribution in [0.3, 0.4) is 0 Å². The van der Waals surface area contributed by atoms with Crippen molar-refractivity contribution in [2.45, 2.75) is 25.6 Å². The van der Waals surface area contributed by atoms with E-state index < -0.39 is 30.4 Å². The molecule has 3 N–H and O–H groups in total. The molecule has 1 rings (SSSR count). The SMILES string of the molecule is CCOc1ccc(F)cc1C(O)C(O)CC(=O)O. The minimum Gasteiger partial charge on any atom is -0.493 e. The van der Waals surface area contributed by atoms with Crippen molar-refractivity contribution in [2.75, 3.05) is 6.61 Å². The van der Waals surface area contributed by atoms with E-state index in [9.17, 15) is 19.4 Å². The third-order valence-electron chi connectivity index (χ3n) is 2.34. The molecular weight excluding hydrogens is 243 g/mol. The van der Waals surface area contributed by atoms with Crippen molar-refractivity contribution >= 4 is 5.97 Å². The molecule has 0 spiro atoms. The molecule has 6 heteroatoms. The molecule has 2 unspecified atom stereocenters. The summed E-state index contributed by atoms with van der Waals surface area (Å²) in [4.78, 5) is 10.4. The first-order valence-electron chi connectivity index (χ1n) is 5.45. The summed E-state index contributed by atoms with van der Waals surface area (Å²) in [5.41, 5.74) is 0.0330. The minimum atomic E-state index is -1.52. The van der Waals surface area contributed by atoms with E-state index in [1.165, 1.54) is 6.07 Å². The molecule has 1 aromatic carbocycles. The Bertz CT molecular complexity index is 421. The lowest BCUT2D eigenvalue weighted by molar-refractivity contribution is -0.141. The zero-order chi connectivity index (χ0) is 13.7. The number of hydrogen-bond donors (Lipinski definition) is 3. The summed E-state index contributed by atoms with van der Waals surface area (Å²) in [6.07, 6.45) is -3.68. The maximum absolute atomic E-state index is 13.1. The number of ether oxygens (including phenoxy) is 1. The molecule has 2 atom stereocenters. The van der Waals surface area contributed by atoms with E-state index in [0.717, 1.165) is 12.1 Å². The molecule has 0 radical (unpaired) electrons. The van der Waals surface area contributed by atoms with Crippen molar-refractivity contribution in [1.29, 1.82) is 0 Å². The van der Waals surface area contributed by atoms with Gasteiger partial charge >= 0.3 is 5.97 Å². The van der Waals surface area contributed by atoms with Gasteiger partial charge in [0.15, 0.2) is 0 Å². The highest BCUT2D eigenvalue weighted by molar-refractivity contribution is 5.67. The number of halogens is 1. The molecule has 5 nitrogen and oxygen atoms in total. The average molecular weight is 258 g/mol. The summed E-state index contributed by atoms with van der Waals surface area (Å²) < 4.78 is 18.3. The van der Waals surface area contributed by atoms with E-state index in [1.807, 2.05) is 0 Å². The smallest absolute Gasteiger partial charge is 0.306 e. The lowest BCUT2D eigenvalue weighted by Gasteiger charge is -2.19. The first kappa shape index (κ1) is 14.4. The monoisotopic (exact) mass is 258 g/mol. The highest BCUT2D eigenvalue weighted by Crippen LogP contribution is 2.29. The Morgan fingerprint density at radius 1 is 1.44 bits per heavy atom. The van der Waals surface area contributed by atoms with E-state index in [0.29, 0.717) is 6.61 Å². The fourth-order valence-corrected chi connectivity index (χ4v) is 1.54. The zero-order valence-electron chi connectivity index (χ0n) is 9.84. The van der Waals surface area contributed by atoms with Crippen LogP contribution in [0.1, 0.15) is 25.0 Å². The van der Waals surface area contributed by atoms with Crippen LogP contribution in [0.15, 0.2) is 18.2 Å². The Labute approximate surface area is 103 Å². The van der Waals surface area contributed by atoms with Crippen LogP contribution < -0.4 is 4.74 Å². The molecule has 0 saturated carbocycles. The van der Waals surface area contributed by atoms with Gasteiger partial charge in [-0.2, -0.15) is 0 Å². The Morgan fingerprint density at radius 3 is 2.67 bits per heavy atom. The highest BCUT2D eigenvalue weighted by atomic mass is 19.1. The van der Waals surface area contributed by atoms with Crippen molar-refractivity contribution in [3.05, 3.63) is 29.6 Å². The third kappa shape index (κ3) is 3.68. The maximum atomic E-state index is 13.1. The van der Waals surface area contributed by atoms with Crippen molar-refractivity contribution in [1.82, 2.24) is 0 Å². The summed E-state index contributed by atoms with van der Waals surface area (Å²) >= 11 is 0. The molecule has 18 heavy (non-hydrogen) atoms. The first-order valence-corrected chi connectivity index (χ1v) is 5.45. The zero-order valence-corrected chi connectivity index (χ0v) is 9.84. The largest absolute Gasteiger partial charge is 0.493 e. The van der Waals surface area contributed by atoms with E-state index in [1.54, 1.807) is 6.92 Å². The summed E-state index contributed by atoms with van der Waals surface area (Å²) in [6, 6.07) is 3.50. The van der Waals surface area contributed by atoms with Crippen LogP contribution >= 0.6 is 0 Å². The van der Waals surface area contributed by atoms with Crippen LogP contribution in [0.5, 0.6) is 5.75 Å². The molecule has 0 saturated heterocycles. The molecule has 0 fully saturated rings. The third-order valence-corrected chi connectivity index (χ3v) is 2.34. The van der Waals surface area contributed by atoms with Gasteiger partial charge in [-0.15, -0.1) is 0 Å². The molecule has 100 valence electrons. The van der Waals surface area contributed by atoms with Crippen LogP contribution in [0.2, 0.25) is 0 Å². The molecule has 0 heterocycles. The Balaban J connectivity index is 2.98. The van der Waals surface area contributed by atoms with Gasteiger partial charge in [-0.3, -0.25) is 4.79 Å². The van der Waals surface area contributed by atoms with E-state index >= 15 is 0 Å². The number of rotatable bonds is 6. The van der Waals surface area contributed by atoms with Crippen molar-refractivity contribution < 1.29 is 29.2 Å². The predicted octanol–water partition coefficient (Wildman–Crippen LogP) is 1.09. The lowest BCUT2D eigenvalue weighted by atomic mass is 10.0. The molecule has 0 aliphatic heterocycles. The second-order valence-corrected chi connectivity index (χ2v) is 3.73. The van der Waals surface area contributed by atoms with Crippen molar-refractivity contribution in [2.24, 2.45) is 0 Å². The van der Waals surface area contributed by atoms with Gasteiger partial charge < -0.3 is 20.1 Å². The van der Waals surface area contributed by atoms with Crippen LogP contribution in [0.4, 0.5) is 4.39 Å². The van der Waals surface area contributed by atoms with Gasteiger partial charge in [0.1, 0.15) is 17.7 Å². The number of aliphatic hydroxyl groups is 2. The fourth-order valence-electron chi connectivity index (χ4n) is 1.54. The normalized spacial score (nSPS) is 14.0. The van der Waals surface area contributed by atoms with Gasteiger partial charge in [0.2, 0.25) is 0 Å². The number of aliphatic carboxylic acids is 1. The quantitative estimate of drug-likeness (QED) is 0.711. The predicted molar refractivity (Wildman–Crippen MR) is 60.8 cm³/mol. The maximum Gasteiger partial charge on any atom is 0.306 e. The van der Waals surface area contributed by atoms with Crippen molar-refractivity contribution in [3.63, 3.8) is 0 Å². The molecule has 0 bridgehead atoms. The molecule has 0 aromatic heterocycles. The highest BCUT2D eigenvalue weighted by Gasteiger charge is 2.24.